The molecule has 8 nitrogen and oxygen atoms in total. The molecule has 0 aliphatic carbocycles. The number of ether oxygens (including phenoxy) is 2. The standard InChI is InChI=1S/C21H23N5O3S/c1-15-5-2-3-7-17(15)28-11-9-20(27)26-10-12-29-18(13-26)16-6-4-8-19(23-16)24-21-25-22-14-30-21/h2-8,14,18H,9-13H2,1H3,(H,23,24,25)/t18-/m0/s1. The second-order valence-electron chi connectivity index (χ2n) is 6.88. The van der Waals surface area contributed by atoms with E-state index in [2.05, 4.69) is 20.5 Å². The minimum absolute atomic E-state index is 0.0556. The maximum atomic E-state index is 12.7. The van der Waals surface area contributed by atoms with Crippen molar-refractivity contribution < 1.29 is 14.3 Å². The van der Waals surface area contributed by atoms with Crippen molar-refractivity contribution >= 4 is 28.2 Å². The van der Waals surface area contributed by atoms with E-state index in [4.69, 9.17) is 9.47 Å². The third kappa shape index (κ3) is 5.11. The van der Waals surface area contributed by atoms with E-state index in [-0.39, 0.29) is 12.0 Å². The molecule has 0 spiro atoms. The summed E-state index contributed by atoms with van der Waals surface area (Å²) in [5, 5.41) is 11.6. The monoisotopic (exact) mass is 425 g/mol. The van der Waals surface area contributed by atoms with Gasteiger partial charge in [0.15, 0.2) is 0 Å². The van der Waals surface area contributed by atoms with Gasteiger partial charge in [0.25, 0.3) is 0 Å². The Morgan fingerprint density at radius 2 is 2.20 bits per heavy atom. The predicted molar refractivity (Wildman–Crippen MR) is 114 cm³/mol. The number of morpholine rings is 1. The first-order valence-corrected chi connectivity index (χ1v) is 10.6. The lowest BCUT2D eigenvalue weighted by Crippen LogP contribution is -2.42. The molecule has 1 saturated heterocycles. The number of rotatable bonds is 7. The number of carbonyl (C=O) groups excluding carboxylic acids is 1. The highest BCUT2D eigenvalue weighted by Gasteiger charge is 2.26. The van der Waals surface area contributed by atoms with E-state index in [0.717, 1.165) is 17.0 Å². The fourth-order valence-corrected chi connectivity index (χ4v) is 3.67. The van der Waals surface area contributed by atoms with Crippen LogP contribution in [0.5, 0.6) is 5.75 Å². The number of hydrogen-bond donors (Lipinski definition) is 1. The van der Waals surface area contributed by atoms with Crippen molar-refractivity contribution in [1.29, 1.82) is 0 Å². The number of carbonyl (C=O) groups is 1. The maximum Gasteiger partial charge on any atom is 0.226 e. The number of nitrogens with zero attached hydrogens (tertiary/aromatic N) is 4. The Hall–Kier alpha value is -3.04. The average molecular weight is 426 g/mol. The van der Waals surface area contributed by atoms with Gasteiger partial charge in [0, 0.05) is 6.54 Å². The van der Waals surface area contributed by atoms with Crippen LogP contribution in [0.2, 0.25) is 0 Å². The Bertz CT molecular complexity index is 982. The SMILES string of the molecule is Cc1ccccc1OCCC(=O)N1CCO[C@H](c2cccc(Nc3nncs3)n2)C1. The molecule has 9 heteroatoms. The lowest BCUT2D eigenvalue weighted by molar-refractivity contribution is -0.139. The summed E-state index contributed by atoms with van der Waals surface area (Å²) in [6.07, 6.45) is 0.0591. The molecule has 3 heterocycles. The van der Waals surface area contributed by atoms with E-state index in [0.29, 0.717) is 43.7 Å². The van der Waals surface area contributed by atoms with Crippen LogP contribution in [0.15, 0.2) is 48.0 Å². The van der Waals surface area contributed by atoms with Crippen LogP contribution in [0, 0.1) is 6.92 Å². The summed E-state index contributed by atoms with van der Waals surface area (Å²) >= 11 is 1.40. The van der Waals surface area contributed by atoms with Gasteiger partial charge in [-0.25, -0.2) is 4.98 Å². The van der Waals surface area contributed by atoms with E-state index in [9.17, 15) is 4.79 Å². The molecular formula is C21H23N5O3S. The molecule has 1 atom stereocenters. The molecule has 2 aromatic heterocycles. The lowest BCUT2D eigenvalue weighted by Gasteiger charge is -2.32. The van der Waals surface area contributed by atoms with Crippen molar-refractivity contribution in [3.05, 3.63) is 59.2 Å². The van der Waals surface area contributed by atoms with Crippen LogP contribution >= 0.6 is 11.3 Å². The van der Waals surface area contributed by atoms with Gasteiger partial charge in [-0.3, -0.25) is 4.79 Å². The van der Waals surface area contributed by atoms with Crippen molar-refractivity contribution in [1.82, 2.24) is 20.1 Å². The Balaban J connectivity index is 1.32. The molecule has 3 aromatic rings. The predicted octanol–water partition coefficient (Wildman–Crippen LogP) is 3.35. The topological polar surface area (TPSA) is 89.5 Å². The molecule has 0 bridgehead atoms. The van der Waals surface area contributed by atoms with Crippen LogP contribution in [0.1, 0.15) is 23.8 Å². The summed E-state index contributed by atoms with van der Waals surface area (Å²) < 4.78 is 11.6. The fraction of sp³-hybridized carbons (Fsp3) is 0.333. The summed E-state index contributed by atoms with van der Waals surface area (Å²) in [5.41, 5.74) is 3.49. The number of benzene rings is 1. The van der Waals surface area contributed by atoms with E-state index in [1.807, 2.05) is 54.3 Å². The quantitative estimate of drug-likeness (QED) is 0.621. The first kappa shape index (κ1) is 20.2. The zero-order valence-corrected chi connectivity index (χ0v) is 17.5. The smallest absolute Gasteiger partial charge is 0.226 e. The van der Waals surface area contributed by atoms with Crippen molar-refractivity contribution in [2.45, 2.75) is 19.4 Å². The Morgan fingerprint density at radius 1 is 1.30 bits per heavy atom. The number of pyridine rings is 1. The fourth-order valence-electron chi connectivity index (χ4n) is 3.22. The summed E-state index contributed by atoms with van der Waals surface area (Å²) in [4.78, 5) is 19.1. The van der Waals surface area contributed by atoms with Crippen LogP contribution in [-0.2, 0) is 9.53 Å². The summed E-state index contributed by atoms with van der Waals surface area (Å²) in [5.74, 6) is 1.54. The van der Waals surface area contributed by atoms with Gasteiger partial charge in [0.2, 0.25) is 11.0 Å². The number of aromatic nitrogens is 3. The van der Waals surface area contributed by atoms with Crippen LogP contribution in [0.25, 0.3) is 0 Å². The summed E-state index contributed by atoms with van der Waals surface area (Å²) in [6, 6.07) is 13.5. The molecule has 0 radical (unpaired) electrons. The number of anilines is 2. The zero-order valence-electron chi connectivity index (χ0n) is 16.7. The first-order chi connectivity index (χ1) is 14.7. The van der Waals surface area contributed by atoms with Gasteiger partial charge >= 0.3 is 0 Å². The number of nitrogens with one attached hydrogen (secondary N) is 1. The highest BCUT2D eigenvalue weighted by atomic mass is 32.1. The molecule has 0 unspecified atom stereocenters. The van der Waals surface area contributed by atoms with Crippen molar-refractivity contribution in [3.63, 3.8) is 0 Å². The van der Waals surface area contributed by atoms with Gasteiger partial charge in [-0.15, -0.1) is 10.2 Å². The molecule has 30 heavy (non-hydrogen) atoms. The van der Waals surface area contributed by atoms with Gasteiger partial charge in [0.05, 0.1) is 31.9 Å². The van der Waals surface area contributed by atoms with Gasteiger partial charge in [0.1, 0.15) is 23.2 Å². The largest absolute Gasteiger partial charge is 0.493 e. The molecule has 1 aliphatic rings. The molecule has 156 valence electrons. The van der Waals surface area contributed by atoms with Gasteiger partial charge < -0.3 is 19.7 Å². The second-order valence-corrected chi connectivity index (χ2v) is 7.71. The van der Waals surface area contributed by atoms with Crippen LogP contribution < -0.4 is 10.1 Å². The third-order valence-corrected chi connectivity index (χ3v) is 5.39. The van der Waals surface area contributed by atoms with E-state index in [1.165, 1.54) is 11.3 Å². The molecule has 1 aliphatic heterocycles. The van der Waals surface area contributed by atoms with Gasteiger partial charge in [-0.1, -0.05) is 35.6 Å². The van der Waals surface area contributed by atoms with E-state index in [1.54, 1.807) is 5.51 Å². The Kier molecular flexibility index (Phi) is 6.50. The zero-order chi connectivity index (χ0) is 20.8. The number of amides is 1. The highest BCUT2D eigenvalue weighted by Crippen LogP contribution is 2.24. The molecule has 1 aromatic carbocycles. The lowest BCUT2D eigenvalue weighted by atomic mass is 10.1. The summed E-state index contributed by atoms with van der Waals surface area (Å²) in [6.45, 7) is 3.86. The highest BCUT2D eigenvalue weighted by molar-refractivity contribution is 7.13. The number of para-hydroxylation sites is 1. The Morgan fingerprint density at radius 3 is 3.03 bits per heavy atom. The molecule has 0 saturated carbocycles. The molecule has 1 amide bonds. The third-order valence-electron chi connectivity index (χ3n) is 4.78. The van der Waals surface area contributed by atoms with E-state index >= 15 is 0 Å². The average Bonchev–Trinajstić information content (AvgIpc) is 3.28. The Labute approximate surface area is 178 Å². The van der Waals surface area contributed by atoms with Crippen molar-refractivity contribution in [2.24, 2.45) is 0 Å². The second kappa shape index (κ2) is 9.64. The van der Waals surface area contributed by atoms with Crippen LogP contribution in [0.4, 0.5) is 10.9 Å². The summed E-state index contributed by atoms with van der Waals surface area (Å²) in [7, 11) is 0. The normalized spacial score (nSPS) is 16.3. The van der Waals surface area contributed by atoms with Crippen molar-refractivity contribution in [3.8, 4) is 5.75 Å². The van der Waals surface area contributed by atoms with E-state index < -0.39 is 0 Å². The maximum absolute atomic E-state index is 12.7. The minimum atomic E-state index is -0.267. The van der Waals surface area contributed by atoms with Gasteiger partial charge in [-0.2, -0.15) is 0 Å². The molecule has 4 rings (SSSR count). The number of hydrogen-bond acceptors (Lipinski definition) is 8. The molecule has 1 fully saturated rings. The van der Waals surface area contributed by atoms with Crippen molar-refractivity contribution in [2.75, 3.05) is 31.6 Å². The molecule has 1 N–H and O–H groups in total. The number of aryl methyl sites for hydroxylation is 1. The van der Waals surface area contributed by atoms with Crippen LogP contribution in [-0.4, -0.2) is 52.3 Å². The minimum Gasteiger partial charge on any atom is -0.493 e. The molecular weight excluding hydrogens is 402 g/mol. The van der Waals surface area contributed by atoms with Crippen LogP contribution in [0.3, 0.4) is 0 Å². The first-order valence-electron chi connectivity index (χ1n) is 9.77. The van der Waals surface area contributed by atoms with Gasteiger partial charge in [-0.05, 0) is 30.7 Å².